The lowest BCUT2D eigenvalue weighted by Crippen LogP contribution is -2.16. The third-order valence-electron chi connectivity index (χ3n) is 2.82. The van der Waals surface area contributed by atoms with E-state index in [-0.39, 0.29) is 0 Å². The Kier molecular flexibility index (Phi) is 4.84. The van der Waals surface area contributed by atoms with Crippen molar-refractivity contribution in [2.45, 2.75) is 13.0 Å². The molecule has 0 radical (unpaired) electrons. The minimum atomic E-state index is -0.688. The molecule has 2 aromatic rings. The number of benzene rings is 1. The van der Waals surface area contributed by atoms with Crippen molar-refractivity contribution in [3.8, 4) is 0 Å². The largest absolute Gasteiger partial charge is 0.313 e. The average Bonchev–Trinajstić information content (AvgIpc) is 2.38. The highest BCUT2D eigenvalue weighted by Crippen LogP contribution is 2.15. The minimum Gasteiger partial charge on any atom is -0.313 e. The number of hydrogen-bond donors (Lipinski definition) is 1. The number of nitrogens with one attached hydrogen (secondary N) is 1. The molecule has 0 spiro atoms. The number of nitrogens with zero attached hydrogens (tertiary/aromatic N) is 1. The molecule has 0 fully saturated rings. The van der Waals surface area contributed by atoms with E-state index in [1.807, 2.05) is 12.3 Å². The number of aromatic nitrogens is 1. The van der Waals surface area contributed by atoms with E-state index < -0.39 is 10.8 Å². The van der Waals surface area contributed by atoms with Gasteiger partial charge in [-0.2, -0.15) is 0 Å². The average molecular weight is 262 g/mol. The summed E-state index contributed by atoms with van der Waals surface area (Å²) >= 11 is 0. The number of fused-ring (bicyclic) bond motifs is 1. The minimum absolute atomic E-state index is 0.688. The van der Waals surface area contributed by atoms with Gasteiger partial charge in [-0.25, -0.2) is 0 Å². The smallest absolute Gasteiger partial charge is 0.0746 e. The summed E-state index contributed by atoms with van der Waals surface area (Å²) in [7, 11) is -0.688. The Morgan fingerprint density at radius 3 is 2.94 bits per heavy atom. The van der Waals surface area contributed by atoms with Gasteiger partial charge in [0.05, 0.1) is 5.52 Å². The zero-order chi connectivity index (χ0) is 12.8. The summed E-state index contributed by atoms with van der Waals surface area (Å²) in [6.07, 6.45) is 4.52. The fourth-order valence-electron chi connectivity index (χ4n) is 1.93. The lowest BCUT2D eigenvalue weighted by Gasteiger charge is -2.07. The lowest BCUT2D eigenvalue weighted by atomic mass is 10.1. The third kappa shape index (κ3) is 3.62. The monoisotopic (exact) mass is 262 g/mol. The number of pyridine rings is 1. The number of hydrogen-bond acceptors (Lipinski definition) is 3. The second-order valence-electron chi connectivity index (χ2n) is 4.30. The molecule has 0 saturated heterocycles. The third-order valence-corrected chi connectivity index (χ3v) is 3.68. The van der Waals surface area contributed by atoms with Gasteiger partial charge in [-0.05, 0) is 24.6 Å². The molecule has 1 N–H and O–H groups in total. The Balaban J connectivity index is 1.93. The van der Waals surface area contributed by atoms with Crippen molar-refractivity contribution in [2.75, 3.05) is 18.6 Å². The number of para-hydroxylation sites is 1. The molecule has 1 aromatic heterocycles. The molecule has 3 nitrogen and oxygen atoms in total. The molecule has 18 heavy (non-hydrogen) atoms. The summed E-state index contributed by atoms with van der Waals surface area (Å²) in [5.74, 6) is 0.765. The van der Waals surface area contributed by atoms with Gasteiger partial charge >= 0.3 is 0 Å². The second-order valence-corrected chi connectivity index (χ2v) is 5.85. The van der Waals surface area contributed by atoms with E-state index in [4.69, 9.17) is 0 Å². The summed E-state index contributed by atoms with van der Waals surface area (Å²) in [5, 5.41) is 4.55. The predicted molar refractivity (Wildman–Crippen MR) is 77.0 cm³/mol. The summed E-state index contributed by atoms with van der Waals surface area (Å²) in [6.45, 7) is 1.70. The first-order valence-electron chi connectivity index (χ1n) is 6.11. The van der Waals surface area contributed by atoms with Crippen molar-refractivity contribution in [1.29, 1.82) is 0 Å². The van der Waals surface area contributed by atoms with Crippen molar-refractivity contribution < 1.29 is 4.21 Å². The Hall–Kier alpha value is -1.26. The Labute approximate surface area is 110 Å². The SMILES string of the molecule is CS(=O)CCCNCc1cccc2cccnc12. The van der Waals surface area contributed by atoms with Gasteiger partial charge in [-0.1, -0.05) is 24.3 Å². The van der Waals surface area contributed by atoms with Crippen LogP contribution in [0.2, 0.25) is 0 Å². The van der Waals surface area contributed by atoms with E-state index in [1.165, 1.54) is 10.9 Å². The van der Waals surface area contributed by atoms with Gasteiger partial charge in [0.2, 0.25) is 0 Å². The fourth-order valence-corrected chi connectivity index (χ4v) is 2.48. The van der Waals surface area contributed by atoms with Crippen LogP contribution in [0.15, 0.2) is 36.5 Å². The summed E-state index contributed by atoms with van der Waals surface area (Å²) in [6, 6.07) is 10.3. The van der Waals surface area contributed by atoms with Gasteiger partial charge in [0.1, 0.15) is 0 Å². The van der Waals surface area contributed by atoms with Crippen LogP contribution in [-0.4, -0.2) is 27.7 Å². The van der Waals surface area contributed by atoms with Crippen LogP contribution in [0, 0.1) is 0 Å². The first-order valence-corrected chi connectivity index (χ1v) is 7.83. The maximum atomic E-state index is 10.9. The molecule has 2 rings (SSSR count). The molecule has 1 aromatic carbocycles. The van der Waals surface area contributed by atoms with Crippen LogP contribution >= 0.6 is 0 Å². The molecular formula is C14H18N2OS. The Morgan fingerprint density at radius 2 is 2.11 bits per heavy atom. The van der Waals surface area contributed by atoms with Gasteiger partial charge in [0, 0.05) is 40.9 Å². The van der Waals surface area contributed by atoms with Crippen LogP contribution < -0.4 is 5.32 Å². The predicted octanol–water partition coefficient (Wildman–Crippen LogP) is 2.09. The molecule has 1 heterocycles. The van der Waals surface area contributed by atoms with E-state index in [1.54, 1.807) is 6.26 Å². The van der Waals surface area contributed by atoms with E-state index in [0.717, 1.165) is 30.8 Å². The summed E-state index contributed by atoms with van der Waals surface area (Å²) in [4.78, 5) is 4.42. The van der Waals surface area contributed by atoms with Crippen molar-refractivity contribution in [1.82, 2.24) is 10.3 Å². The van der Waals surface area contributed by atoms with Crippen LogP contribution in [0.25, 0.3) is 10.9 Å². The maximum absolute atomic E-state index is 10.9. The number of rotatable bonds is 6. The van der Waals surface area contributed by atoms with Crippen molar-refractivity contribution >= 4 is 21.7 Å². The lowest BCUT2D eigenvalue weighted by molar-refractivity contribution is 0.663. The molecule has 0 bridgehead atoms. The van der Waals surface area contributed by atoms with Crippen LogP contribution in [-0.2, 0) is 17.3 Å². The maximum Gasteiger partial charge on any atom is 0.0746 e. The molecule has 1 unspecified atom stereocenters. The van der Waals surface area contributed by atoms with Gasteiger partial charge < -0.3 is 5.32 Å². The Bertz CT molecular complexity index is 537. The Morgan fingerprint density at radius 1 is 1.28 bits per heavy atom. The van der Waals surface area contributed by atoms with Crippen LogP contribution in [0.4, 0.5) is 0 Å². The van der Waals surface area contributed by atoms with E-state index >= 15 is 0 Å². The first kappa shape index (κ1) is 13.2. The first-order chi connectivity index (χ1) is 8.77. The molecular weight excluding hydrogens is 244 g/mol. The molecule has 0 amide bonds. The topological polar surface area (TPSA) is 42.0 Å². The molecule has 96 valence electrons. The van der Waals surface area contributed by atoms with Crippen LogP contribution in [0.1, 0.15) is 12.0 Å². The molecule has 0 saturated carbocycles. The van der Waals surface area contributed by atoms with E-state index in [2.05, 4.69) is 34.6 Å². The molecule has 4 heteroatoms. The zero-order valence-electron chi connectivity index (χ0n) is 10.6. The fraction of sp³-hybridized carbons (Fsp3) is 0.357. The summed E-state index contributed by atoms with van der Waals surface area (Å²) < 4.78 is 10.9. The highest BCUT2D eigenvalue weighted by Gasteiger charge is 2.00. The second kappa shape index (κ2) is 6.61. The highest BCUT2D eigenvalue weighted by molar-refractivity contribution is 7.84. The normalized spacial score (nSPS) is 12.7. The van der Waals surface area contributed by atoms with E-state index in [9.17, 15) is 4.21 Å². The van der Waals surface area contributed by atoms with Gasteiger partial charge in [-0.3, -0.25) is 9.19 Å². The van der Waals surface area contributed by atoms with Crippen molar-refractivity contribution in [2.24, 2.45) is 0 Å². The standard InChI is InChI=1S/C14H18N2OS/c1-18(17)10-4-8-15-11-13-6-2-5-12-7-3-9-16-14(12)13/h2-3,5-7,9,15H,4,8,10-11H2,1H3. The van der Waals surface area contributed by atoms with Crippen molar-refractivity contribution in [3.63, 3.8) is 0 Å². The van der Waals surface area contributed by atoms with Crippen LogP contribution in [0.5, 0.6) is 0 Å². The molecule has 0 aliphatic carbocycles. The quantitative estimate of drug-likeness (QED) is 0.811. The summed E-state index contributed by atoms with van der Waals surface area (Å²) in [5.41, 5.74) is 2.28. The van der Waals surface area contributed by atoms with Gasteiger partial charge in [-0.15, -0.1) is 0 Å². The van der Waals surface area contributed by atoms with Gasteiger partial charge in [0.15, 0.2) is 0 Å². The van der Waals surface area contributed by atoms with Crippen LogP contribution in [0.3, 0.4) is 0 Å². The molecule has 1 atom stereocenters. The zero-order valence-corrected chi connectivity index (χ0v) is 11.4. The molecule has 0 aliphatic heterocycles. The highest BCUT2D eigenvalue weighted by atomic mass is 32.2. The van der Waals surface area contributed by atoms with E-state index in [0.29, 0.717) is 0 Å². The van der Waals surface area contributed by atoms with Gasteiger partial charge in [0.25, 0.3) is 0 Å². The van der Waals surface area contributed by atoms with Crippen molar-refractivity contribution in [3.05, 3.63) is 42.1 Å². The molecule has 0 aliphatic rings.